The molecule has 0 bridgehead atoms. The quantitative estimate of drug-likeness (QED) is 0.261. The number of hydrogen-bond donors (Lipinski definition) is 0. The average Bonchev–Trinajstić information content (AvgIpc) is 3.11. The van der Waals surface area contributed by atoms with Crippen molar-refractivity contribution in [3.63, 3.8) is 0 Å². The Labute approximate surface area is 159 Å². The van der Waals surface area contributed by atoms with Crippen LogP contribution in [0, 0.1) is 10.1 Å². The number of nitrogens with zero attached hydrogens (tertiary/aromatic N) is 2. The maximum absolute atomic E-state index is 12.1. The maximum atomic E-state index is 12.1. The SMILES string of the molecule is CCOc1ccccc1-c1nc(CC(=O)Oc2ccc([N+](=O)[O-])cc2)cs1. The third kappa shape index (κ3) is 4.68. The molecule has 0 atom stereocenters. The number of carbonyl (C=O) groups is 1. The zero-order chi connectivity index (χ0) is 19.2. The zero-order valence-corrected chi connectivity index (χ0v) is 15.3. The Bertz CT molecular complexity index is 953. The van der Waals surface area contributed by atoms with Crippen molar-refractivity contribution in [2.75, 3.05) is 6.61 Å². The van der Waals surface area contributed by atoms with E-state index in [9.17, 15) is 14.9 Å². The summed E-state index contributed by atoms with van der Waals surface area (Å²) in [6.07, 6.45) is 0.00426. The fourth-order valence-corrected chi connectivity index (χ4v) is 3.24. The summed E-state index contributed by atoms with van der Waals surface area (Å²) in [6, 6.07) is 12.9. The highest BCUT2D eigenvalue weighted by atomic mass is 32.1. The fourth-order valence-electron chi connectivity index (χ4n) is 2.39. The van der Waals surface area contributed by atoms with Gasteiger partial charge in [0, 0.05) is 17.5 Å². The first-order chi connectivity index (χ1) is 13.1. The molecular weight excluding hydrogens is 368 g/mol. The van der Waals surface area contributed by atoms with E-state index in [0.29, 0.717) is 12.3 Å². The lowest BCUT2D eigenvalue weighted by Crippen LogP contribution is -2.11. The number of non-ortho nitro benzene ring substituents is 1. The van der Waals surface area contributed by atoms with Crippen molar-refractivity contribution in [3.05, 3.63) is 69.7 Å². The van der Waals surface area contributed by atoms with Gasteiger partial charge >= 0.3 is 5.97 Å². The molecule has 1 aromatic heterocycles. The van der Waals surface area contributed by atoms with E-state index in [0.717, 1.165) is 16.3 Å². The molecule has 0 spiro atoms. The fraction of sp³-hybridized carbons (Fsp3) is 0.158. The van der Waals surface area contributed by atoms with Crippen LogP contribution in [0.3, 0.4) is 0 Å². The van der Waals surface area contributed by atoms with Gasteiger partial charge in [-0.3, -0.25) is 14.9 Å². The number of aromatic nitrogens is 1. The number of hydrogen-bond acceptors (Lipinski definition) is 7. The Kier molecular flexibility index (Phi) is 5.77. The lowest BCUT2D eigenvalue weighted by atomic mass is 10.2. The second-order valence-corrected chi connectivity index (χ2v) is 6.33. The van der Waals surface area contributed by atoms with Gasteiger partial charge in [0.25, 0.3) is 5.69 Å². The standard InChI is InChI=1S/C19H16N2O5S/c1-2-25-17-6-4-3-5-16(17)19-20-13(12-27-19)11-18(22)26-15-9-7-14(8-10-15)21(23)24/h3-10,12H,2,11H2,1H3. The Morgan fingerprint density at radius 1 is 1.19 bits per heavy atom. The first-order valence-corrected chi connectivity index (χ1v) is 9.06. The minimum Gasteiger partial charge on any atom is -0.493 e. The van der Waals surface area contributed by atoms with Gasteiger partial charge in [-0.25, -0.2) is 4.98 Å². The van der Waals surface area contributed by atoms with Crippen molar-refractivity contribution >= 4 is 23.0 Å². The van der Waals surface area contributed by atoms with E-state index < -0.39 is 10.9 Å². The number of nitro benzene ring substituents is 1. The predicted molar refractivity (Wildman–Crippen MR) is 101 cm³/mol. The van der Waals surface area contributed by atoms with Gasteiger partial charge in [0.1, 0.15) is 16.5 Å². The summed E-state index contributed by atoms with van der Waals surface area (Å²) >= 11 is 1.42. The van der Waals surface area contributed by atoms with Gasteiger partial charge in [0.2, 0.25) is 0 Å². The van der Waals surface area contributed by atoms with Crippen LogP contribution >= 0.6 is 11.3 Å². The molecule has 0 unspecified atom stereocenters. The highest BCUT2D eigenvalue weighted by Gasteiger charge is 2.14. The lowest BCUT2D eigenvalue weighted by molar-refractivity contribution is -0.384. The van der Waals surface area contributed by atoms with Crippen LogP contribution < -0.4 is 9.47 Å². The molecule has 0 aliphatic carbocycles. The van der Waals surface area contributed by atoms with Crippen LogP contribution in [0.4, 0.5) is 5.69 Å². The monoisotopic (exact) mass is 384 g/mol. The Balaban J connectivity index is 1.67. The molecule has 1 heterocycles. The molecular formula is C19H16N2O5S. The number of thiazole rings is 1. The van der Waals surface area contributed by atoms with Crippen LogP contribution in [0.5, 0.6) is 11.5 Å². The first kappa shape index (κ1) is 18.5. The highest BCUT2D eigenvalue weighted by Crippen LogP contribution is 2.32. The van der Waals surface area contributed by atoms with Gasteiger partial charge in [0.05, 0.1) is 29.2 Å². The Hall–Kier alpha value is -3.26. The van der Waals surface area contributed by atoms with Gasteiger partial charge in [-0.15, -0.1) is 11.3 Å². The molecule has 0 amide bonds. The van der Waals surface area contributed by atoms with E-state index in [1.54, 1.807) is 5.38 Å². The molecule has 0 saturated carbocycles. The van der Waals surface area contributed by atoms with Crippen molar-refractivity contribution in [1.82, 2.24) is 4.98 Å². The van der Waals surface area contributed by atoms with Gasteiger partial charge in [-0.05, 0) is 31.2 Å². The lowest BCUT2D eigenvalue weighted by Gasteiger charge is -2.07. The van der Waals surface area contributed by atoms with Crippen LogP contribution in [0.1, 0.15) is 12.6 Å². The zero-order valence-electron chi connectivity index (χ0n) is 14.5. The first-order valence-electron chi connectivity index (χ1n) is 8.18. The molecule has 2 aromatic carbocycles. The van der Waals surface area contributed by atoms with Gasteiger partial charge < -0.3 is 9.47 Å². The second-order valence-electron chi connectivity index (χ2n) is 5.48. The predicted octanol–water partition coefficient (Wildman–Crippen LogP) is 4.27. The average molecular weight is 384 g/mol. The van der Waals surface area contributed by atoms with E-state index in [2.05, 4.69) is 4.98 Å². The number of esters is 1. The summed E-state index contributed by atoms with van der Waals surface area (Å²) in [5, 5.41) is 13.2. The molecule has 0 saturated heterocycles. The third-order valence-electron chi connectivity index (χ3n) is 3.57. The number of para-hydroxylation sites is 1. The second kappa shape index (κ2) is 8.41. The molecule has 138 valence electrons. The molecule has 0 N–H and O–H groups in total. The van der Waals surface area contributed by atoms with Gasteiger partial charge in [-0.1, -0.05) is 12.1 Å². The molecule has 27 heavy (non-hydrogen) atoms. The topological polar surface area (TPSA) is 91.6 Å². The van der Waals surface area contributed by atoms with Gasteiger partial charge in [0.15, 0.2) is 0 Å². The van der Waals surface area contributed by atoms with Crippen LogP contribution in [0.15, 0.2) is 53.9 Å². The summed E-state index contributed by atoms with van der Waals surface area (Å²) in [6.45, 7) is 2.47. The minimum atomic E-state index is -0.511. The smallest absolute Gasteiger partial charge is 0.317 e. The summed E-state index contributed by atoms with van der Waals surface area (Å²) in [4.78, 5) is 26.7. The van der Waals surface area contributed by atoms with Crippen LogP contribution in [-0.4, -0.2) is 22.5 Å². The summed E-state index contributed by atoms with van der Waals surface area (Å²) in [5.74, 6) is 0.510. The molecule has 0 aliphatic rings. The number of benzene rings is 2. The normalized spacial score (nSPS) is 10.4. The van der Waals surface area contributed by atoms with Gasteiger partial charge in [-0.2, -0.15) is 0 Å². The number of rotatable bonds is 7. The van der Waals surface area contributed by atoms with Crippen molar-refractivity contribution < 1.29 is 19.2 Å². The Morgan fingerprint density at radius 3 is 2.63 bits per heavy atom. The van der Waals surface area contributed by atoms with E-state index >= 15 is 0 Å². The summed E-state index contributed by atoms with van der Waals surface area (Å²) in [5.41, 5.74) is 1.40. The van der Waals surface area contributed by atoms with Crippen molar-refractivity contribution in [1.29, 1.82) is 0 Å². The van der Waals surface area contributed by atoms with Crippen LogP contribution in [0.25, 0.3) is 10.6 Å². The number of nitro groups is 1. The maximum Gasteiger partial charge on any atom is 0.317 e. The third-order valence-corrected chi connectivity index (χ3v) is 4.50. The van der Waals surface area contributed by atoms with E-state index in [1.165, 1.54) is 35.6 Å². The van der Waals surface area contributed by atoms with E-state index in [-0.39, 0.29) is 17.9 Å². The largest absolute Gasteiger partial charge is 0.493 e. The van der Waals surface area contributed by atoms with Crippen LogP contribution in [-0.2, 0) is 11.2 Å². The number of carbonyl (C=O) groups excluding carboxylic acids is 1. The molecule has 8 heteroatoms. The summed E-state index contributed by atoms with van der Waals surface area (Å²) in [7, 11) is 0. The molecule has 3 rings (SSSR count). The highest BCUT2D eigenvalue weighted by molar-refractivity contribution is 7.13. The Morgan fingerprint density at radius 2 is 1.93 bits per heavy atom. The van der Waals surface area contributed by atoms with Crippen LogP contribution in [0.2, 0.25) is 0 Å². The molecule has 0 aliphatic heterocycles. The van der Waals surface area contributed by atoms with Crippen molar-refractivity contribution in [2.24, 2.45) is 0 Å². The minimum absolute atomic E-state index is 0.00426. The van der Waals surface area contributed by atoms with Crippen molar-refractivity contribution in [2.45, 2.75) is 13.3 Å². The van der Waals surface area contributed by atoms with E-state index in [1.807, 2.05) is 31.2 Å². The summed E-state index contributed by atoms with van der Waals surface area (Å²) < 4.78 is 10.8. The van der Waals surface area contributed by atoms with Crippen molar-refractivity contribution in [3.8, 4) is 22.1 Å². The molecule has 0 radical (unpaired) electrons. The van der Waals surface area contributed by atoms with E-state index in [4.69, 9.17) is 9.47 Å². The molecule has 0 fully saturated rings. The number of ether oxygens (including phenoxy) is 2. The molecule has 3 aromatic rings. The molecule has 7 nitrogen and oxygen atoms in total.